The second-order valence-electron chi connectivity index (χ2n) is 5.51. The summed E-state index contributed by atoms with van der Waals surface area (Å²) in [4.78, 5) is 15.7. The van der Waals surface area contributed by atoms with Crippen LogP contribution in [0.3, 0.4) is 0 Å². The summed E-state index contributed by atoms with van der Waals surface area (Å²) in [5.74, 6) is 0.895. The molecule has 0 aliphatic carbocycles. The highest BCUT2D eigenvalue weighted by Crippen LogP contribution is 2.37. The third kappa shape index (κ3) is 2.85. The smallest absolute Gasteiger partial charge is 0.237 e. The van der Waals surface area contributed by atoms with E-state index in [0.717, 1.165) is 23.8 Å². The Kier molecular flexibility index (Phi) is 4.42. The van der Waals surface area contributed by atoms with Crippen LogP contribution in [-0.4, -0.2) is 50.6 Å². The fourth-order valence-electron chi connectivity index (χ4n) is 2.87. The van der Waals surface area contributed by atoms with Gasteiger partial charge in [-0.25, -0.2) is 0 Å². The summed E-state index contributed by atoms with van der Waals surface area (Å²) in [5.41, 5.74) is 0. The van der Waals surface area contributed by atoms with E-state index in [-0.39, 0.29) is 23.6 Å². The minimum atomic E-state index is -0.138. The molecular weight excluding hydrogens is 274 g/mol. The van der Waals surface area contributed by atoms with Gasteiger partial charge in [0.15, 0.2) is 0 Å². The molecule has 2 saturated heterocycles. The predicted octanol–water partition coefficient (Wildman–Crippen LogP) is 2.09. The molecule has 2 unspecified atom stereocenters. The highest BCUT2D eigenvalue weighted by Gasteiger charge is 2.50. The molecule has 3 heterocycles. The first kappa shape index (κ1) is 15.0. The van der Waals surface area contributed by atoms with Crippen molar-refractivity contribution in [3.05, 3.63) is 12.0 Å². The standard InChI is InChI=1S/C8H9NO2S.C6H12N2/c1-4(12)7-6-2-5(10)3-9(6)8(7)11;1-6(7)8-4-2-3-5-8/h3,6-7,10H,2H2,1H3;7H,2-5H2,1H3. The zero-order valence-electron chi connectivity index (χ0n) is 11.9. The van der Waals surface area contributed by atoms with Crippen LogP contribution in [-0.2, 0) is 4.79 Å². The SMILES string of the molecule is CC(=N)N1CCCC1.CC(=S)C1C(=O)N2C=C(O)CC12. The molecule has 0 saturated carbocycles. The highest BCUT2D eigenvalue weighted by atomic mass is 32.1. The van der Waals surface area contributed by atoms with Crippen LogP contribution >= 0.6 is 12.2 Å². The lowest BCUT2D eigenvalue weighted by atomic mass is 9.85. The largest absolute Gasteiger partial charge is 0.511 e. The Morgan fingerprint density at radius 3 is 2.45 bits per heavy atom. The Labute approximate surface area is 124 Å². The van der Waals surface area contributed by atoms with Crippen molar-refractivity contribution in [1.82, 2.24) is 9.80 Å². The highest BCUT2D eigenvalue weighted by molar-refractivity contribution is 7.80. The first-order valence-corrected chi connectivity index (χ1v) is 7.35. The third-order valence-corrected chi connectivity index (χ3v) is 4.24. The van der Waals surface area contributed by atoms with Gasteiger partial charge in [0.2, 0.25) is 5.91 Å². The van der Waals surface area contributed by atoms with Crippen molar-refractivity contribution in [2.24, 2.45) is 5.92 Å². The Morgan fingerprint density at radius 1 is 1.40 bits per heavy atom. The summed E-state index contributed by atoms with van der Waals surface area (Å²) in [6, 6.07) is 0.106. The molecule has 5 nitrogen and oxygen atoms in total. The van der Waals surface area contributed by atoms with Crippen molar-refractivity contribution >= 4 is 28.8 Å². The molecule has 0 spiro atoms. The number of amidine groups is 1. The molecule has 3 rings (SSSR count). The topological polar surface area (TPSA) is 67.6 Å². The molecule has 110 valence electrons. The number of nitrogens with zero attached hydrogens (tertiary/aromatic N) is 2. The summed E-state index contributed by atoms with van der Waals surface area (Å²) >= 11 is 4.96. The van der Waals surface area contributed by atoms with Gasteiger partial charge in [-0.3, -0.25) is 10.2 Å². The summed E-state index contributed by atoms with van der Waals surface area (Å²) in [5, 5.41) is 16.4. The summed E-state index contributed by atoms with van der Waals surface area (Å²) in [6.45, 7) is 5.85. The monoisotopic (exact) mass is 295 g/mol. The molecule has 3 aliphatic rings. The van der Waals surface area contributed by atoms with Crippen LogP contribution in [0.1, 0.15) is 33.1 Å². The van der Waals surface area contributed by atoms with Crippen LogP contribution < -0.4 is 0 Å². The number of hydrogen-bond acceptors (Lipinski definition) is 4. The quantitative estimate of drug-likeness (QED) is 0.336. The number of β-lactam (4-membered cyclic amide) rings is 1. The van der Waals surface area contributed by atoms with Gasteiger partial charge in [0.1, 0.15) is 5.76 Å². The van der Waals surface area contributed by atoms with Gasteiger partial charge in [-0.1, -0.05) is 12.2 Å². The summed E-state index contributed by atoms with van der Waals surface area (Å²) in [7, 11) is 0. The van der Waals surface area contributed by atoms with Gasteiger partial charge in [0.05, 0.1) is 17.8 Å². The number of rotatable bonds is 1. The molecule has 20 heavy (non-hydrogen) atoms. The van der Waals surface area contributed by atoms with E-state index in [0.29, 0.717) is 6.42 Å². The van der Waals surface area contributed by atoms with Gasteiger partial charge < -0.3 is 14.9 Å². The predicted molar refractivity (Wildman–Crippen MR) is 81.9 cm³/mol. The van der Waals surface area contributed by atoms with E-state index >= 15 is 0 Å². The third-order valence-electron chi connectivity index (χ3n) is 3.99. The van der Waals surface area contributed by atoms with Crippen LogP contribution in [0.5, 0.6) is 0 Å². The first-order chi connectivity index (χ1) is 9.41. The van der Waals surface area contributed by atoms with E-state index in [2.05, 4.69) is 4.90 Å². The lowest BCUT2D eigenvalue weighted by molar-refractivity contribution is -0.144. The average Bonchev–Trinajstić information content (AvgIpc) is 2.98. The second-order valence-corrected chi connectivity index (χ2v) is 6.15. The minimum Gasteiger partial charge on any atom is -0.511 e. The summed E-state index contributed by atoms with van der Waals surface area (Å²) in [6.07, 6.45) is 4.61. The van der Waals surface area contributed by atoms with Crippen molar-refractivity contribution in [2.45, 2.75) is 39.2 Å². The van der Waals surface area contributed by atoms with E-state index in [1.807, 2.05) is 6.92 Å². The number of hydrogen-bond donors (Lipinski definition) is 2. The number of aliphatic hydroxyl groups is 1. The van der Waals surface area contributed by atoms with E-state index in [9.17, 15) is 4.79 Å². The van der Waals surface area contributed by atoms with Crippen LogP contribution in [0, 0.1) is 11.3 Å². The molecule has 6 heteroatoms. The number of thiocarbonyl (C=S) groups is 1. The maximum atomic E-state index is 11.3. The van der Waals surface area contributed by atoms with Gasteiger partial charge in [0.25, 0.3) is 0 Å². The molecule has 3 aliphatic heterocycles. The normalized spacial score (nSPS) is 27.3. The Hall–Kier alpha value is -1.43. The molecule has 0 bridgehead atoms. The molecule has 2 atom stereocenters. The number of fused-ring (bicyclic) bond motifs is 1. The first-order valence-electron chi connectivity index (χ1n) is 6.94. The summed E-state index contributed by atoms with van der Waals surface area (Å²) < 4.78 is 0. The van der Waals surface area contributed by atoms with Crippen molar-refractivity contribution in [3.63, 3.8) is 0 Å². The fraction of sp³-hybridized carbons (Fsp3) is 0.643. The number of nitrogens with one attached hydrogen (secondary N) is 1. The lowest BCUT2D eigenvalue weighted by Gasteiger charge is -2.41. The average molecular weight is 295 g/mol. The van der Waals surface area contributed by atoms with Gasteiger partial charge in [-0.15, -0.1) is 0 Å². The Balaban J connectivity index is 0.000000160. The Morgan fingerprint density at radius 2 is 2.00 bits per heavy atom. The molecule has 0 aromatic carbocycles. The van der Waals surface area contributed by atoms with Crippen molar-refractivity contribution in [3.8, 4) is 0 Å². The molecule has 0 radical (unpaired) electrons. The fourth-order valence-corrected chi connectivity index (χ4v) is 3.13. The molecule has 0 aromatic rings. The zero-order chi connectivity index (χ0) is 14.9. The van der Waals surface area contributed by atoms with Gasteiger partial charge >= 0.3 is 0 Å². The van der Waals surface area contributed by atoms with E-state index in [1.54, 1.807) is 11.8 Å². The second kappa shape index (κ2) is 5.91. The zero-order valence-corrected chi connectivity index (χ0v) is 12.7. The maximum absolute atomic E-state index is 11.3. The van der Waals surface area contributed by atoms with E-state index < -0.39 is 0 Å². The van der Waals surface area contributed by atoms with E-state index in [4.69, 9.17) is 22.7 Å². The molecular formula is C14H21N3O2S. The van der Waals surface area contributed by atoms with Crippen molar-refractivity contribution in [2.75, 3.05) is 13.1 Å². The Bertz CT molecular complexity index is 469. The number of aliphatic hydroxyl groups excluding tert-OH is 1. The van der Waals surface area contributed by atoms with Gasteiger partial charge in [-0.2, -0.15) is 0 Å². The van der Waals surface area contributed by atoms with E-state index in [1.165, 1.54) is 19.0 Å². The molecule has 2 N–H and O–H groups in total. The van der Waals surface area contributed by atoms with Crippen LogP contribution in [0.4, 0.5) is 0 Å². The van der Waals surface area contributed by atoms with Crippen LogP contribution in [0.15, 0.2) is 12.0 Å². The molecule has 1 amide bonds. The van der Waals surface area contributed by atoms with Crippen molar-refractivity contribution in [1.29, 1.82) is 5.41 Å². The van der Waals surface area contributed by atoms with Gasteiger partial charge in [0, 0.05) is 30.6 Å². The number of carbonyl (C=O) groups is 1. The number of likely N-dealkylation sites (tertiary alicyclic amines) is 1. The minimum absolute atomic E-state index is 0.0246. The number of carbonyl (C=O) groups excluding carboxylic acids is 1. The molecule has 2 fully saturated rings. The lowest BCUT2D eigenvalue weighted by Crippen LogP contribution is -2.58. The van der Waals surface area contributed by atoms with Crippen molar-refractivity contribution < 1.29 is 9.90 Å². The van der Waals surface area contributed by atoms with Crippen LogP contribution in [0.25, 0.3) is 0 Å². The van der Waals surface area contributed by atoms with Crippen LogP contribution in [0.2, 0.25) is 0 Å². The maximum Gasteiger partial charge on any atom is 0.237 e. The number of amides is 1. The molecule has 0 aromatic heterocycles. The van der Waals surface area contributed by atoms with Gasteiger partial charge in [-0.05, 0) is 26.7 Å².